The minimum absolute atomic E-state index is 0.00634. The summed E-state index contributed by atoms with van der Waals surface area (Å²) in [6.45, 7) is 1.64. The number of anilines is 1. The number of hydrogen-bond donors (Lipinski definition) is 3. The first-order chi connectivity index (χ1) is 16.4. The number of aromatic nitrogens is 1. The third-order valence-corrected chi connectivity index (χ3v) is 5.43. The Balaban J connectivity index is 1.48. The van der Waals surface area contributed by atoms with Gasteiger partial charge in [0, 0.05) is 40.5 Å². The minimum Gasteiger partial charge on any atom is -0.494 e. The first-order valence-corrected chi connectivity index (χ1v) is 11.1. The molecule has 1 aromatic heterocycles. The lowest BCUT2D eigenvalue weighted by Gasteiger charge is -2.10. The standard InChI is InChI=1S/C27H28N4O3/c1-31(2)13-4-14-34-22-10-8-21(9-11-22)29-17-24-23-12-7-19(16-25(23)30-27(24)33)26(32)18-5-3-6-20(28)15-18/h3,5-12,15-17,30,33H,4,13-14,28H2,1-2H3. The zero-order valence-corrected chi connectivity index (χ0v) is 19.3. The molecule has 7 nitrogen and oxygen atoms in total. The highest BCUT2D eigenvalue weighted by Gasteiger charge is 2.14. The number of ketones is 1. The van der Waals surface area contributed by atoms with E-state index in [2.05, 4.69) is 14.9 Å². The van der Waals surface area contributed by atoms with Crippen LogP contribution < -0.4 is 10.5 Å². The molecule has 0 bridgehead atoms. The van der Waals surface area contributed by atoms with Crippen molar-refractivity contribution in [1.82, 2.24) is 9.88 Å². The van der Waals surface area contributed by atoms with E-state index >= 15 is 0 Å². The largest absolute Gasteiger partial charge is 0.494 e. The molecular formula is C27H28N4O3. The highest BCUT2D eigenvalue weighted by molar-refractivity contribution is 6.12. The molecule has 0 saturated carbocycles. The second-order valence-electron chi connectivity index (χ2n) is 8.36. The molecule has 1 heterocycles. The van der Waals surface area contributed by atoms with Gasteiger partial charge in [-0.1, -0.05) is 24.3 Å². The van der Waals surface area contributed by atoms with Gasteiger partial charge < -0.3 is 25.5 Å². The third-order valence-electron chi connectivity index (χ3n) is 5.43. The van der Waals surface area contributed by atoms with E-state index in [1.807, 2.05) is 38.4 Å². The fourth-order valence-electron chi connectivity index (χ4n) is 3.66. The Morgan fingerprint density at radius 3 is 2.59 bits per heavy atom. The molecule has 3 aromatic carbocycles. The van der Waals surface area contributed by atoms with Crippen molar-refractivity contribution in [3.8, 4) is 11.6 Å². The maximum atomic E-state index is 12.8. The van der Waals surface area contributed by atoms with Gasteiger partial charge in [0.15, 0.2) is 11.7 Å². The molecule has 0 aliphatic heterocycles. The van der Waals surface area contributed by atoms with Crippen LogP contribution in [0.4, 0.5) is 11.4 Å². The van der Waals surface area contributed by atoms with Gasteiger partial charge in [-0.05, 0) is 63.0 Å². The highest BCUT2D eigenvalue weighted by Crippen LogP contribution is 2.28. The average molecular weight is 457 g/mol. The summed E-state index contributed by atoms with van der Waals surface area (Å²) >= 11 is 0. The second kappa shape index (κ2) is 10.2. The van der Waals surface area contributed by atoms with Crippen molar-refractivity contribution in [3.05, 3.63) is 83.4 Å². The summed E-state index contributed by atoms with van der Waals surface area (Å²) in [5.41, 5.74) is 9.30. The van der Waals surface area contributed by atoms with Crippen LogP contribution >= 0.6 is 0 Å². The van der Waals surface area contributed by atoms with E-state index in [0.29, 0.717) is 34.5 Å². The van der Waals surface area contributed by atoms with Crippen LogP contribution in [0.2, 0.25) is 0 Å². The van der Waals surface area contributed by atoms with Gasteiger partial charge >= 0.3 is 0 Å². The molecular weight excluding hydrogens is 428 g/mol. The quantitative estimate of drug-likeness (QED) is 0.146. The van der Waals surface area contributed by atoms with Gasteiger partial charge in [-0.25, -0.2) is 0 Å². The lowest BCUT2D eigenvalue weighted by molar-refractivity contribution is 0.103. The zero-order chi connectivity index (χ0) is 24.1. The SMILES string of the molecule is CN(C)CCCOc1ccc(N=Cc2c(O)[nH]c3cc(C(=O)c4cccc(N)c4)ccc23)cc1. The number of ether oxygens (including phenoxy) is 1. The van der Waals surface area contributed by atoms with Gasteiger partial charge in [-0.15, -0.1) is 0 Å². The molecule has 4 rings (SSSR count). The van der Waals surface area contributed by atoms with E-state index in [1.165, 1.54) is 0 Å². The number of nitrogens with zero attached hydrogens (tertiary/aromatic N) is 2. The molecule has 34 heavy (non-hydrogen) atoms. The van der Waals surface area contributed by atoms with Crippen molar-refractivity contribution in [1.29, 1.82) is 0 Å². The van der Waals surface area contributed by atoms with E-state index < -0.39 is 0 Å². The molecule has 0 radical (unpaired) electrons. The van der Waals surface area contributed by atoms with E-state index in [0.717, 1.165) is 29.8 Å². The number of carbonyl (C=O) groups is 1. The Labute approximate surface area is 198 Å². The monoisotopic (exact) mass is 456 g/mol. The Hall–Kier alpha value is -4.10. The number of nitrogens with one attached hydrogen (secondary N) is 1. The predicted molar refractivity (Wildman–Crippen MR) is 137 cm³/mol. The summed E-state index contributed by atoms with van der Waals surface area (Å²) < 4.78 is 5.75. The predicted octanol–water partition coefficient (Wildman–Crippen LogP) is 4.77. The number of carbonyl (C=O) groups excluding carboxylic acids is 1. The van der Waals surface area contributed by atoms with Crippen LogP contribution in [0.15, 0.2) is 71.7 Å². The molecule has 0 aliphatic carbocycles. The normalized spacial score (nSPS) is 11.5. The van der Waals surface area contributed by atoms with Crippen molar-refractivity contribution in [2.24, 2.45) is 4.99 Å². The van der Waals surface area contributed by atoms with Gasteiger partial charge in [-0.2, -0.15) is 0 Å². The number of H-pyrrole nitrogens is 1. The summed E-state index contributed by atoms with van der Waals surface area (Å²) in [6, 6.07) is 19.6. The number of aliphatic imine (C=N–C) groups is 1. The van der Waals surface area contributed by atoms with Crippen LogP contribution in [0.1, 0.15) is 27.9 Å². The average Bonchev–Trinajstić information content (AvgIpc) is 3.14. The maximum Gasteiger partial charge on any atom is 0.198 e. The van der Waals surface area contributed by atoms with Crippen LogP contribution in [-0.2, 0) is 0 Å². The number of benzene rings is 3. The topological polar surface area (TPSA) is 104 Å². The minimum atomic E-state index is -0.137. The summed E-state index contributed by atoms with van der Waals surface area (Å²) in [6.07, 6.45) is 2.57. The number of aromatic hydroxyl groups is 1. The van der Waals surface area contributed by atoms with Crippen molar-refractivity contribution in [2.75, 3.05) is 33.0 Å². The fraction of sp³-hybridized carbons (Fsp3) is 0.185. The fourth-order valence-corrected chi connectivity index (χ4v) is 3.66. The molecule has 0 fully saturated rings. The van der Waals surface area contributed by atoms with E-state index in [1.54, 1.807) is 48.7 Å². The third kappa shape index (κ3) is 5.44. The molecule has 0 aliphatic rings. The van der Waals surface area contributed by atoms with Gasteiger partial charge in [0.25, 0.3) is 0 Å². The Kier molecular flexibility index (Phi) is 6.94. The smallest absolute Gasteiger partial charge is 0.198 e. The van der Waals surface area contributed by atoms with Gasteiger partial charge in [0.1, 0.15) is 5.75 Å². The number of fused-ring (bicyclic) bond motifs is 1. The first kappa shape index (κ1) is 23.1. The lowest BCUT2D eigenvalue weighted by Crippen LogP contribution is -2.15. The van der Waals surface area contributed by atoms with Crippen molar-refractivity contribution in [2.45, 2.75) is 6.42 Å². The van der Waals surface area contributed by atoms with Crippen LogP contribution in [0.5, 0.6) is 11.6 Å². The van der Waals surface area contributed by atoms with E-state index in [4.69, 9.17) is 10.5 Å². The molecule has 0 atom stereocenters. The summed E-state index contributed by atoms with van der Waals surface area (Å²) in [5, 5.41) is 11.2. The number of hydrogen-bond acceptors (Lipinski definition) is 6. The van der Waals surface area contributed by atoms with Gasteiger partial charge in [-0.3, -0.25) is 9.79 Å². The molecule has 0 unspecified atom stereocenters. The zero-order valence-electron chi connectivity index (χ0n) is 19.3. The molecule has 4 aromatic rings. The molecule has 174 valence electrons. The summed E-state index contributed by atoms with van der Waals surface area (Å²) in [4.78, 5) is 22.4. The number of nitrogen functional groups attached to an aromatic ring is 1. The van der Waals surface area contributed by atoms with Crippen LogP contribution in [0.25, 0.3) is 10.9 Å². The van der Waals surface area contributed by atoms with Crippen molar-refractivity contribution in [3.63, 3.8) is 0 Å². The summed E-state index contributed by atoms with van der Waals surface area (Å²) in [5.74, 6) is 0.653. The molecule has 0 spiro atoms. The van der Waals surface area contributed by atoms with E-state index in [9.17, 15) is 9.90 Å². The molecule has 0 amide bonds. The molecule has 4 N–H and O–H groups in total. The van der Waals surface area contributed by atoms with Crippen LogP contribution in [-0.4, -0.2) is 54.2 Å². The number of nitrogens with two attached hydrogens (primary N) is 1. The van der Waals surface area contributed by atoms with Gasteiger partial charge in [0.05, 0.1) is 17.9 Å². The Morgan fingerprint density at radius 1 is 1.09 bits per heavy atom. The van der Waals surface area contributed by atoms with Crippen LogP contribution in [0, 0.1) is 0 Å². The molecule has 7 heteroatoms. The number of aromatic amines is 1. The maximum absolute atomic E-state index is 12.8. The lowest BCUT2D eigenvalue weighted by atomic mass is 10.0. The van der Waals surface area contributed by atoms with Crippen molar-refractivity contribution < 1.29 is 14.6 Å². The van der Waals surface area contributed by atoms with Crippen molar-refractivity contribution >= 4 is 34.3 Å². The second-order valence-corrected chi connectivity index (χ2v) is 8.36. The Bertz CT molecular complexity index is 1320. The van der Waals surface area contributed by atoms with E-state index in [-0.39, 0.29) is 11.7 Å². The first-order valence-electron chi connectivity index (χ1n) is 11.1. The number of rotatable bonds is 9. The van der Waals surface area contributed by atoms with Gasteiger partial charge in [0.2, 0.25) is 0 Å². The van der Waals surface area contributed by atoms with Crippen LogP contribution in [0.3, 0.4) is 0 Å². The molecule has 0 saturated heterocycles. The Morgan fingerprint density at radius 2 is 1.85 bits per heavy atom. The summed E-state index contributed by atoms with van der Waals surface area (Å²) in [7, 11) is 4.08. The highest BCUT2D eigenvalue weighted by atomic mass is 16.5.